The van der Waals surface area contributed by atoms with Crippen LogP contribution in [0.5, 0.6) is 0 Å². The third kappa shape index (κ3) is 7.00. The third-order valence-electron chi connectivity index (χ3n) is 12.6. The number of fused-ring (bicyclic) bond motifs is 3. The SMILES string of the molecule is CC(C)c1cccc(-c2ccccc2-c2ccc(-c3nnc(-c4ccccc4)o3)cc2)c1C1=CC=C(n2c3ccccc3c3cc(-c4ccccc4-c4ccccc4)ccc32)CC1. The first-order valence-electron chi connectivity index (χ1n) is 21.9. The molecule has 0 bridgehead atoms. The molecule has 302 valence electrons. The van der Waals surface area contributed by atoms with Crippen molar-refractivity contribution in [3.05, 3.63) is 217 Å². The highest BCUT2D eigenvalue weighted by Crippen LogP contribution is 2.45. The minimum Gasteiger partial charge on any atom is -0.416 e. The normalized spacial score (nSPS) is 12.8. The maximum absolute atomic E-state index is 6.09. The Labute approximate surface area is 368 Å². The fourth-order valence-electron chi connectivity index (χ4n) is 9.51. The molecular formula is C59H45N3O. The van der Waals surface area contributed by atoms with Crippen molar-refractivity contribution in [3.8, 4) is 67.4 Å². The first kappa shape index (κ1) is 38.1. The zero-order chi connectivity index (χ0) is 42.3. The van der Waals surface area contributed by atoms with Crippen LogP contribution in [0.25, 0.3) is 100 Å². The van der Waals surface area contributed by atoms with Crippen LogP contribution in [0.2, 0.25) is 0 Å². The van der Waals surface area contributed by atoms with Gasteiger partial charge in [-0.2, -0.15) is 0 Å². The van der Waals surface area contributed by atoms with Crippen molar-refractivity contribution in [1.82, 2.24) is 14.8 Å². The van der Waals surface area contributed by atoms with E-state index >= 15 is 0 Å². The van der Waals surface area contributed by atoms with Crippen molar-refractivity contribution in [2.24, 2.45) is 0 Å². The van der Waals surface area contributed by atoms with Crippen molar-refractivity contribution in [2.45, 2.75) is 32.6 Å². The van der Waals surface area contributed by atoms with Crippen molar-refractivity contribution >= 4 is 33.1 Å². The first-order chi connectivity index (χ1) is 31.1. The Hall–Kier alpha value is -7.82. The second-order valence-corrected chi connectivity index (χ2v) is 16.7. The average molecular weight is 812 g/mol. The van der Waals surface area contributed by atoms with E-state index in [0.717, 1.165) is 29.5 Å². The number of hydrogen-bond acceptors (Lipinski definition) is 3. The molecule has 11 rings (SSSR count). The van der Waals surface area contributed by atoms with Crippen LogP contribution in [0.3, 0.4) is 0 Å². The van der Waals surface area contributed by atoms with Gasteiger partial charge in [0.15, 0.2) is 0 Å². The molecule has 0 saturated carbocycles. The summed E-state index contributed by atoms with van der Waals surface area (Å²) < 4.78 is 8.59. The van der Waals surface area contributed by atoms with Gasteiger partial charge in [0.2, 0.25) is 11.8 Å². The van der Waals surface area contributed by atoms with Crippen LogP contribution >= 0.6 is 0 Å². The number of allylic oxidation sites excluding steroid dienone is 4. The fourth-order valence-corrected chi connectivity index (χ4v) is 9.51. The van der Waals surface area contributed by atoms with E-state index in [1.165, 1.54) is 83.1 Å². The molecule has 4 nitrogen and oxygen atoms in total. The standard InChI is InChI=1S/C59H45N3O/c1-39(2)47-25-15-26-53(51-23-12-11-21-49(51)41-28-30-44(31-29-41)59-61-60-58(63-59)43-18-7-4-8-19-43)57(47)42-32-35-46(36-33-42)62-55-27-14-13-24-52(55)54-38-45(34-37-56(54)62)50-22-10-9-20-48(50)40-16-5-3-6-17-40/h3-32,34-35,37-39H,33,36H2,1-2H3. The summed E-state index contributed by atoms with van der Waals surface area (Å²) in [6.07, 6.45) is 6.62. The topological polar surface area (TPSA) is 43.9 Å². The first-order valence-corrected chi connectivity index (χ1v) is 21.9. The number of benzene rings is 8. The van der Waals surface area contributed by atoms with Crippen LogP contribution in [-0.4, -0.2) is 14.8 Å². The van der Waals surface area contributed by atoms with E-state index in [1.54, 1.807) is 0 Å². The van der Waals surface area contributed by atoms with E-state index in [0.29, 0.717) is 17.7 Å². The number of aromatic nitrogens is 3. The molecule has 0 spiro atoms. The summed E-state index contributed by atoms with van der Waals surface area (Å²) in [6.45, 7) is 4.62. The van der Waals surface area contributed by atoms with Gasteiger partial charge in [-0.3, -0.25) is 0 Å². The molecule has 0 N–H and O–H groups in total. The van der Waals surface area contributed by atoms with E-state index in [9.17, 15) is 0 Å². The molecule has 8 aromatic carbocycles. The minimum atomic E-state index is 0.353. The van der Waals surface area contributed by atoms with Gasteiger partial charge < -0.3 is 8.98 Å². The smallest absolute Gasteiger partial charge is 0.248 e. The quantitative estimate of drug-likeness (QED) is 0.146. The minimum absolute atomic E-state index is 0.353. The maximum Gasteiger partial charge on any atom is 0.248 e. The summed E-state index contributed by atoms with van der Waals surface area (Å²) in [5.74, 6) is 1.38. The largest absolute Gasteiger partial charge is 0.416 e. The maximum atomic E-state index is 6.09. The van der Waals surface area contributed by atoms with Gasteiger partial charge in [0.1, 0.15) is 0 Å². The van der Waals surface area contributed by atoms with E-state index < -0.39 is 0 Å². The van der Waals surface area contributed by atoms with Gasteiger partial charge in [0.05, 0.1) is 11.0 Å². The van der Waals surface area contributed by atoms with Crippen molar-refractivity contribution in [2.75, 3.05) is 0 Å². The molecule has 2 aromatic heterocycles. The Balaban J connectivity index is 0.964. The molecule has 0 aliphatic heterocycles. The van der Waals surface area contributed by atoms with Crippen LogP contribution in [0.4, 0.5) is 0 Å². The van der Waals surface area contributed by atoms with Gasteiger partial charge in [-0.1, -0.05) is 172 Å². The molecule has 0 atom stereocenters. The Bertz CT molecular complexity index is 3350. The molecule has 0 unspecified atom stereocenters. The molecule has 0 amide bonds. The molecule has 1 aliphatic carbocycles. The molecular weight excluding hydrogens is 767 g/mol. The Morgan fingerprint density at radius 3 is 1.63 bits per heavy atom. The second kappa shape index (κ2) is 16.2. The molecule has 4 heteroatoms. The van der Waals surface area contributed by atoms with Crippen LogP contribution in [-0.2, 0) is 0 Å². The highest BCUT2D eigenvalue weighted by Gasteiger charge is 2.23. The number of para-hydroxylation sites is 1. The average Bonchev–Trinajstić information content (AvgIpc) is 3.98. The summed E-state index contributed by atoms with van der Waals surface area (Å²) in [6, 6.07) is 69.3. The molecule has 0 radical (unpaired) electrons. The number of rotatable bonds is 9. The predicted molar refractivity (Wildman–Crippen MR) is 262 cm³/mol. The summed E-state index contributed by atoms with van der Waals surface area (Å²) in [5.41, 5.74) is 19.4. The monoisotopic (exact) mass is 811 g/mol. The number of hydrogen-bond donors (Lipinski definition) is 0. The second-order valence-electron chi connectivity index (χ2n) is 16.7. The predicted octanol–water partition coefficient (Wildman–Crippen LogP) is 16.0. The molecule has 2 heterocycles. The molecule has 10 aromatic rings. The lowest BCUT2D eigenvalue weighted by Gasteiger charge is -2.24. The van der Waals surface area contributed by atoms with E-state index in [-0.39, 0.29) is 0 Å². The third-order valence-corrected chi connectivity index (χ3v) is 12.6. The molecule has 0 fully saturated rings. The lowest BCUT2D eigenvalue weighted by molar-refractivity contribution is 0.584. The number of nitrogens with zero attached hydrogens (tertiary/aromatic N) is 3. The molecule has 0 saturated heterocycles. The van der Waals surface area contributed by atoms with Gasteiger partial charge >= 0.3 is 0 Å². The fraction of sp³-hybridized carbons (Fsp3) is 0.0847. The van der Waals surface area contributed by atoms with E-state index in [4.69, 9.17) is 4.42 Å². The summed E-state index contributed by atoms with van der Waals surface area (Å²) >= 11 is 0. The Kier molecular flexibility index (Phi) is 9.82. The summed E-state index contributed by atoms with van der Waals surface area (Å²) in [5, 5.41) is 11.2. The van der Waals surface area contributed by atoms with Crippen molar-refractivity contribution in [3.63, 3.8) is 0 Å². The van der Waals surface area contributed by atoms with Crippen LogP contribution < -0.4 is 0 Å². The molecule has 63 heavy (non-hydrogen) atoms. The van der Waals surface area contributed by atoms with Crippen molar-refractivity contribution < 1.29 is 4.42 Å². The van der Waals surface area contributed by atoms with E-state index in [2.05, 4.69) is 205 Å². The van der Waals surface area contributed by atoms with Crippen molar-refractivity contribution in [1.29, 1.82) is 0 Å². The zero-order valence-electron chi connectivity index (χ0n) is 35.4. The Morgan fingerprint density at radius 1 is 0.429 bits per heavy atom. The molecule has 1 aliphatic rings. The summed E-state index contributed by atoms with van der Waals surface area (Å²) in [7, 11) is 0. The van der Waals surface area contributed by atoms with Crippen LogP contribution in [0.15, 0.2) is 211 Å². The van der Waals surface area contributed by atoms with Gasteiger partial charge in [0, 0.05) is 27.6 Å². The van der Waals surface area contributed by atoms with Gasteiger partial charge in [-0.15, -0.1) is 10.2 Å². The van der Waals surface area contributed by atoms with Gasteiger partial charge in [-0.25, -0.2) is 0 Å². The summed E-state index contributed by atoms with van der Waals surface area (Å²) in [4.78, 5) is 0. The van der Waals surface area contributed by atoms with Crippen LogP contribution in [0, 0.1) is 0 Å². The van der Waals surface area contributed by atoms with Gasteiger partial charge in [0.25, 0.3) is 0 Å². The van der Waals surface area contributed by atoms with Gasteiger partial charge in [-0.05, 0) is 129 Å². The zero-order valence-corrected chi connectivity index (χ0v) is 35.4. The van der Waals surface area contributed by atoms with E-state index in [1.807, 2.05) is 30.3 Å². The lowest BCUT2D eigenvalue weighted by atomic mass is 9.81. The lowest BCUT2D eigenvalue weighted by Crippen LogP contribution is -2.05. The highest BCUT2D eigenvalue weighted by molar-refractivity contribution is 6.11. The highest BCUT2D eigenvalue weighted by atomic mass is 16.4. The Morgan fingerprint density at radius 2 is 0.952 bits per heavy atom. The van der Waals surface area contributed by atoms with Crippen LogP contribution in [0.1, 0.15) is 43.7 Å².